The predicted octanol–water partition coefficient (Wildman–Crippen LogP) is 2.73. The first-order chi connectivity index (χ1) is 13.1. The third kappa shape index (κ3) is 18.9. The first-order valence-corrected chi connectivity index (χ1v) is 9.66. The zero-order chi connectivity index (χ0) is 22.0. The van der Waals surface area contributed by atoms with Gasteiger partial charge in [0.15, 0.2) is 0 Å². The topological polar surface area (TPSA) is 122 Å². The van der Waals surface area contributed by atoms with Gasteiger partial charge in [0.25, 0.3) is 0 Å². The third-order valence-electron chi connectivity index (χ3n) is 3.69. The van der Waals surface area contributed by atoms with Crippen LogP contribution in [0.1, 0.15) is 71.6 Å². The van der Waals surface area contributed by atoms with Gasteiger partial charge in [-0.1, -0.05) is 52.4 Å². The Labute approximate surface area is 164 Å². The fraction of sp³-hybridized carbons (Fsp3) is 0.833. The van der Waals surface area contributed by atoms with Gasteiger partial charge in [0, 0.05) is 19.5 Å². The van der Waals surface area contributed by atoms with Crippen LogP contribution in [-0.2, 0) is 14.4 Å². The minimum atomic E-state index is -5.08. The van der Waals surface area contributed by atoms with Crippen LogP contribution in [0, 0.1) is 0 Å². The van der Waals surface area contributed by atoms with E-state index in [1.54, 1.807) is 0 Å². The van der Waals surface area contributed by atoms with Gasteiger partial charge >= 0.3 is 12.1 Å². The molecule has 28 heavy (non-hydrogen) atoms. The van der Waals surface area contributed by atoms with Crippen molar-refractivity contribution in [3.63, 3.8) is 0 Å². The molecule has 0 saturated heterocycles. The summed E-state index contributed by atoms with van der Waals surface area (Å²) < 4.78 is 31.7. The number of unbranched alkanes of at least 4 members (excludes halogenated alkanes) is 6. The molecule has 2 amide bonds. The molecule has 0 saturated carbocycles. The van der Waals surface area contributed by atoms with Crippen molar-refractivity contribution in [2.24, 2.45) is 5.73 Å². The Hall–Kier alpha value is -1.84. The number of hydrogen-bond donors (Lipinski definition) is 4. The molecule has 0 spiro atoms. The van der Waals surface area contributed by atoms with E-state index in [0.717, 1.165) is 38.5 Å². The highest BCUT2D eigenvalue weighted by Gasteiger charge is 2.38. The number of carbonyl (C=O) groups is 3. The zero-order valence-corrected chi connectivity index (χ0v) is 16.7. The number of amides is 2. The lowest BCUT2D eigenvalue weighted by Gasteiger charge is -2.13. The highest BCUT2D eigenvalue weighted by atomic mass is 19.4. The first-order valence-electron chi connectivity index (χ1n) is 9.66. The highest BCUT2D eigenvalue weighted by molar-refractivity contribution is 5.83. The number of hydrogen-bond acceptors (Lipinski definition) is 4. The first kappa shape index (κ1) is 28.4. The van der Waals surface area contributed by atoms with E-state index in [1.807, 2.05) is 0 Å². The molecule has 0 unspecified atom stereocenters. The Morgan fingerprint density at radius 3 is 1.89 bits per heavy atom. The lowest BCUT2D eigenvalue weighted by molar-refractivity contribution is -0.192. The van der Waals surface area contributed by atoms with E-state index in [1.165, 1.54) is 12.8 Å². The second-order valence-electron chi connectivity index (χ2n) is 6.38. The standard InChI is InChI=1S/C16H33N3O2.C2HF3O2/c1-3-5-7-9-11-15(20)19-13-14(17)16(21)18-12-10-8-6-4-2;3-2(4,5)1(6)7/h14H,3-13,17H2,1-2H3,(H,18,21)(H,19,20);(H,6,7)/t14-;/m1./s1. The molecule has 5 N–H and O–H groups in total. The van der Waals surface area contributed by atoms with Gasteiger partial charge in [-0.05, 0) is 12.8 Å². The Balaban J connectivity index is 0. The number of carbonyl (C=O) groups excluding carboxylic acids is 2. The predicted molar refractivity (Wildman–Crippen MR) is 101 cm³/mol. The Morgan fingerprint density at radius 1 is 0.929 bits per heavy atom. The quantitative estimate of drug-likeness (QED) is 0.346. The highest BCUT2D eigenvalue weighted by Crippen LogP contribution is 2.13. The normalized spacial score (nSPS) is 11.8. The Kier molecular flexibility index (Phi) is 17.5. The van der Waals surface area contributed by atoms with Crippen molar-refractivity contribution in [2.75, 3.05) is 13.1 Å². The molecule has 0 bridgehead atoms. The van der Waals surface area contributed by atoms with Crippen molar-refractivity contribution in [2.45, 2.75) is 83.9 Å². The summed E-state index contributed by atoms with van der Waals surface area (Å²) in [6, 6.07) is -0.657. The smallest absolute Gasteiger partial charge is 0.475 e. The summed E-state index contributed by atoms with van der Waals surface area (Å²) in [7, 11) is 0. The van der Waals surface area contributed by atoms with E-state index in [-0.39, 0.29) is 18.4 Å². The zero-order valence-electron chi connectivity index (χ0n) is 16.7. The third-order valence-corrected chi connectivity index (χ3v) is 3.69. The fourth-order valence-electron chi connectivity index (χ4n) is 2.01. The number of nitrogens with one attached hydrogen (secondary N) is 2. The van der Waals surface area contributed by atoms with Crippen LogP contribution in [0.4, 0.5) is 13.2 Å². The summed E-state index contributed by atoms with van der Waals surface area (Å²) in [4.78, 5) is 32.2. The van der Waals surface area contributed by atoms with Crippen molar-refractivity contribution in [3.8, 4) is 0 Å². The summed E-state index contributed by atoms with van der Waals surface area (Å²) in [5, 5.41) is 12.7. The molecule has 7 nitrogen and oxygen atoms in total. The van der Waals surface area contributed by atoms with Crippen LogP contribution in [0.15, 0.2) is 0 Å². The van der Waals surface area contributed by atoms with Crippen LogP contribution in [0.3, 0.4) is 0 Å². The number of aliphatic carboxylic acids is 1. The van der Waals surface area contributed by atoms with Gasteiger partial charge in [-0.25, -0.2) is 4.79 Å². The van der Waals surface area contributed by atoms with Crippen LogP contribution in [0.2, 0.25) is 0 Å². The van der Waals surface area contributed by atoms with Crippen LogP contribution in [0.25, 0.3) is 0 Å². The monoisotopic (exact) mass is 413 g/mol. The molecule has 0 heterocycles. The molecule has 0 aliphatic carbocycles. The number of nitrogens with two attached hydrogens (primary N) is 1. The average Bonchev–Trinajstić information content (AvgIpc) is 2.62. The molecule has 0 rings (SSSR count). The summed E-state index contributed by atoms with van der Waals surface area (Å²) in [6.07, 6.45) is 4.21. The number of rotatable bonds is 13. The molecule has 10 heteroatoms. The van der Waals surface area contributed by atoms with Crippen molar-refractivity contribution >= 4 is 17.8 Å². The van der Waals surface area contributed by atoms with Gasteiger partial charge in [0.1, 0.15) is 6.04 Å². The number of carboxylic acids is 1. The summed E-state index contributed by atoms with van der Waals surface area (Å²) in [5.41, 5.74) is 5.76. The van der Waals surface area contributed by atoms with E-state index in [0.29, 0.717) is 13.0 Å². The summed E-state index contributed by atoms with van der Waals surface area (Å²) in [5.74, 6) is -2.96. The molecule has 1 atom stereocenters. The van der Waals surface area contributed by atoms with Crippen molar-refractivity contribution in [3.05, 3.63) is 0 Å². The Bertz CT molecular complexity index is 446. The largest absolute Gasteiger partial charge is 0.490 e. The minimum Gasteiger partial charge on any atom is -0.475 e. The number of carboxylic acid groups (broad SMARTS) is 1. The molecular formula is C18H34F3N3O4. The average molecular weight is 413 g/mol. The van der Waals surface area contributed by atoms with Crippen molar-refractivity contribution in [1.82, 2.24) is 10.6 Å². The van der Waals surface area contributed by atoms with E-state index in [9.17, 15) is 22.8 Å². The van der Waals surface area contributed by atoms with Gasteiger partial charge in [-0.3, -0.25) is 9.59 Å². The maximum Gasteiger partial charge on any atom is 0.490 e. The number of alkyl halides is 3. The van der Waals surface area contributed by atoms with Gasteiger partial charge in [-0.2, -0.15) is 13.2 Å². The molecule has 0 fully saturated rings. The van der Waals surface area contributed by atoms with E-state index >= 15 is 0 Å². The van der Waals surface area contributed by atoms with Crippen LogP contribution >= 0.6 is 0 Å². The Morgan fingerprint density at radius 2 is 1.43 bits per heavy atom. The fourth-order valence-corrected chi connectivity index (χ4v) is 2.01. The lowest BCUT2D eigenvalue weighted by Crippen LogP contribution is -2.48. The minimum absolute atomic E-state index is 0.0164. The molecule has 0 aromatic heterocycles. The number of halogens is 3. The van der Waals surface area contributed by atoms with Crippen LogP contribution in [-0.4, -0.2) is 48.2 Å². The van der Waals surface area contributed by atoms with E-state index in [2.05, 4.69) is 24.5 Å². The molecule has 0 aliphatic heterocycles. The molecular weight excluding hydrogens is 379 g/mol. The van der Waals surface area contributed by atoms with Crippen molar-refractivity contribution in [1.29, 1.82) is 0 Å². The van der Waals surface area contributed by atoms with Gasteiger partial charge < -0.3 is 21.5 Å². The molecule has 0 aromatic rings. The second kappa shape index (κ2) is 17.3. The summed E-state index contributed by atoms with van der Waals surface area (Å²) >= 11 is 0. The van der Waals surface area contributed by atoms with Gasteiger partial charge in [0.2, 0.25) is 11.8 Å². The molecule has 0 aromatic carbocycles. The van der Waals surface area contributed by atoms with E-state index < -0.39 is 18.2 Å². The molecule has 0 aliphatic rings. The van der Waals surface area contributed by atoms with E-state index in [4.69, 9.17) is 15.6 Å². The maximum atomic E-state index is 11.7. The van der Waals surface area contributed by atoms with Crippen LogP contribution < -0.4 is 16.4 Å². The lowest BCUT2D eigenvalue weighted by atomic mass is 10.1. The van der Waals surface area contributed by atoms with Gasteiger partial charge in [-0.15, -0.1) is 0 Å². The molecule has 166 valence electrons. The maximum absolute atomic E-state index is 11.7. The van der Waals surface area contributed by atoms with Crippen molar-refractivity contribution < 1.29 is 32.7 Å². The van der Waals surface area contributed by atoms with Crippen LogP contribution in [0.5, 0.6) is 0 Å². The second-order valence-corrected chi connectivity index (χ2v) is 6.38. The molecule has 0 radical (unpaired) electrons. The SMILES string of the molecule is CCCCCCNC(=O)[C@H](N)CNC(=O)CCCCCC.O=C(O)C(F)(F)F. The summed E-state index contributed by atoms with van der Waals surface area (Å²) in [6.45, 7) is 5.17. The van der Waals surface area contributed by atoms with Gasteiger partial charge in [0.05, 0.1) is 0 Å².